The van der Waals surface area contributed by atoms with Crippen LogP contribution in [0.5, 0.6) is 5.75 Å². The van der Waals surface area contributed by atoms with Gasteiger partial charge >= 0.3 is 0 Å². The predicted octanol–water partition coefficient (Wildman–Crippen LogP) is 2.73. The zero-order chi connectivity index (χ0) is 13.2. The van der Waals surface area contributed by atoms with Gasteiger partial charge in [-0.25, -0.2) is 4.39 Å². The molecule has 2 heterocycles. The Balaban J connectivity index is 1.86. The lowest BCUT2D eigenvalue weighted by Crippen LogP contribution is -2.22. The molecule has 1 aliphatic rings. The maximum absolute atomic E-state index is 14.3. The normalized spacial score (nSPS) is 15.5. The number of benzene rings is 1. The van der Waals surface area contributed by atoms with Crippen LogP contribution in [0.1, 0.15) is 5.56 Å². The standard InChI is InChI=1S/C15H17FN2O/c1-19-13-5-4-12-14(15(13)16)11(10-17-12)6-9-18-7-2-3-8-18/h2-5,10,17H,6-9H2,1H3. The van der Waals surface area contributed by atoms with Gasteiger partial charge in [0.1, 0.15) is 0 Å². The Bertz CT molecular complexity index is 610. The molecule has 0 bridgehead atoms. The molecule has 1 aliphatic heterocycles. The minimum Gasteiger partial charge on any atom is -0.494 e. The molecular formula is C15H17FN2O. The number of aromatic nitrogens is 1. The van der Waals surface area contributed by atoms with E-state index in [9.17, 15) is 4.39 Å². The molecule has 1 aromatic carbocycles. The molecule has 0 saturated heterocycles. The lowest BCUT2D eigenvalue weighted by molar-refractivity contribution is 0.357. The molecule has 0 aliphatic carbocycles. The molecule has 3 rings (SSSR count). The van der Waals surface area contributed by atoms with Crippen LogP contribution in [0.4, 0.5) is 4.39 Å². The van der Waals surface area contributed by atoms with Crippen LogP contribution < -0.4 is 4.74 Å². The first-order chi connectivity index (χ1) is 9.29. The van der Waals surface area contributed by atoms with Gasteiger partial charge in [0.2, 0.25) is 0 Å². The fourth-order valence-corrected chi connectivity index (χ4v) is 2.57. The van der Waals surface area contributed by atoms with Crippen molar-refractivity contribution in [1.82, 2.24) is 9.88 Å². The van der Waals surface area contributed by atoms with Crippen LogP contribution in [-0.4, -0.2) is 36.6 Å². The summed E-state index contributed by atoms with van der Waals surface area (Å²) in [6.07, 6.45) is 7.07. The second kappa shape index (κ2) is 5.05. The smallest absolute Gasteiger partial charge is 0.174 e. The zero-order valence-electron chi connectivity index (χ0n) is 10.9. The second-order valence-corrected chi connectivity index (χ2v) is 4.80. The number of nitrogens with zero attached hydrogens (tertiary/aromatic N) is 1. The van der Waals surface area contributed by atoms with E-state index >= 15 is 0 Å². The van der Waals surface area contributed by atoms with E-state index in [-0.39, 0.29) is 5.82 Å². The molecule has 0 fully saturated rings. The Morgan fingerprint density at radius 3 is 2.84 bits per heavy atom. The third-order valence-electron chi connectivity index (χ3n) is 3.64. The number of nitrogens with one attached hydrogen (secondary N) is 1. The van der Waals surface area contributed by atoms with E-state index in [0.717, 1.165) is 37.1 Å². The Hall–Kier alpha value is -1.81. The number of ether oxygens (including phenoxy) is 1. The Labute approximate surface area is 111 Å². The van der Waals surface area contributed by atoms with Crippen LogP contribution in [0.3, 0.4) is 0 Å². The van der Waals surface area contributed by atoms with Gasteiger partial charge in [0.25, 0.3) is 0 Å². The van der Waals surface area contributed by atoms with Crippen molar-refractivity contribution in [2.45, 2.75) is 6.42 Å². The number of hydrogen-bond donors (Lipinski definition) is 1. The largest absolute Gasteiger partial charge is 0.494 e. The van der Waals surface area contributed by atoms with Crippen LogP contribution in [0.25, 0.3) is 10.9 Å². The molecule has 3 nitrogen and oxygen atoms in total. The number of H-pyrrole nitrogens is 1. The van der Waals surface area contributed by atoms with Gasteiger partial charge in [-0.15, -0.1) is 0 Å². The van der Waals surface area contributed by atoms with Crippen LogP contribution in [0.15, 0.2) is 30.5 Å². The van der Waals surface area contributed by atoms with Gasteiger partial charge in [-0.05, 0) is 24.1 Å². The summed E-state index contributed by atoms with van der Waals surface area (Å²) in [5.41, 5.74) is 1.84. The summed E-state index contributed by atoms with van der Waals surface area (Å²) >= 11 is 0. The summed E-state index contributed by atoms with van der Waals surface area (Å²) < 4.78 is 19.3. The lowest BCUT2D eigenvalue weighted by Gasteiger charge is -2.14. The second-order valence-electron chi connectivity index (χ2n) is 4.80. The molecule has 0 unspecified atom stereocenters. The molecule has 0 spiro atoms. The van der Waals surface area contributed by atoms with E-state index in [1.54, 1.807) is 6.07 Å². The third kappa shape index (κ3) is 2.24. The Kier molecular flexibility index (Phi) is 3.25. The number of hydrogen-bond acceptors (Lipinski definition) is 2. The summed E-state index contributed by atoms with van der Waals surface area (Å²) in [4.78, 5) is 5.46. The first-order valence-electron chi connectivity index (χ1n) is 6.49. The minimum atomic E-state index is -0.268. The van der Waals surface area contributed by atoms with Crippen molar-refractivity contribution in [3.05, 3.63) is 41.9 Å². The van der Waals surface area contributed by atoms with E-state index in [1.807, 2.05) is 12.3 Å². The fraction of sp³-hybridized carbons (Fsp3) is 0.333. The first kappa shape index (κ1) is 12.2. The lowest BCUT2D eigenvalue weighted by atomic mass is 10.1. The molecule has 2 aromatic rings. The number of rotatable bonds is 4. The zero-order valence-corrected chi connectivity index (χ0v) is 10.9. The summed E-state index contributed by atoms with van der Waals surface area (Å²) in [7, 11) is 1.49. The average Bonchev–Trinajstić information content (AvgIpc) is 3.06. The molecule has 0 amide bonds. The van der Waals surface area contributed by atoms with Crippen LogP contribution >= 0.6 is 0 Å². The molecule has 4 heteroatoms. The van der Waals surface area contributed by atoms with Gasteiger partial charge < -0.3 is 9.72 Å². The van der Waals surface area contributed by atoms with Gasteiger partial charge in [-0.2, -0.15) is 0 Å². The van der Waals surface area contributed by atoms with Crippen molar-refractivity contribution in [2.24, 2.45) is 0 Å². The van der Waals surface area contributed by atoms with Crippen LogP contribution in [0.2, 0.25) is 0 Å². The van der Waals surface area contributed by atoms with Gasteiger partial charge in [0.15, 0.2) is 11.6 Å². The minimum absolute atomic E-state index is 0.268. The van der Waals surface area contributed by atoms with E-state index in [1.165, 1.54) is 7.11 Å². The molecule has 1 N–H and O–H groups in total. The topological polar surface area (TPSA) is 28.3 Å². The molecule has 1 aromatic heterocycles. The molecule has 19 heavy (non-hydrogen) atoms. The first-order valence-corrected chi connectivity index (χ1v) is 6.49. The average molecular weight is 260 g/mol. The quantitative estimate of drug-likeness (QED) is 0.856. The van der Waals surface area contributed by atoms with Gasteiger partial charge in [-0.1, -0.05) is 12.2 Å². The van der Waals surface area contributed by atoms with Crippen molar-refractivity contribution < 1.29 is 9.13 Å². The molecule has 0 atom stereocenters. The number of methoxy groups -OCH3 is 1. The molecule has 0 radical (unpaired) electrons. The van der Waals surface area contributed by atoms with E-state index in [2.05, 4.69) is 22.0 Å². The van der Waals surface area contributed by atoms with Gasteiger partial charge in [-0.3, -0.25) is 4.90 Å². The van der Waals surface area contributed by atoms with Crippen molar-refractivity contribution >= 4 is 10.9 Å². The van der Waals surface area contributed by atoms with E-state index in [4.69, 9.17) is 4.74 Å². The van der Waals surface area contributed by atoms with Crippen LogP contribution in [0, 0.1) is 5.82 Å². The van der Waals surface area contributed by atoms with Gasteiger partial charge in [0, 0.05) is 36.7 Å². The maximum Gasteiger partial charge on any atom is 0.174 e. The van der Waals surface area contributed by atoms with E-state index < -0.39 is 0 Å². The number of aromatic amines is 1. The summed E-state index contributed by atoms with van der Waals surface area (Å²) in [5.74, 6) is 0.0342. The Morgan fingerprint density at radius 2 is 2.11 bits per heavy atom. The highest BCUT2D eigenvalue weighted by Gasteiger charge is 2.14. The summed E-state index contributed by atoms with van der Waals surface area (Å²) in [6.45, 7) is 2.93. The van der Waals surface area contributed by atoms with Crippen molar-refractivity contribution in [1.29, 1.82) is 0 Å². The maximum atomic E-state index is 14.3. The van der Waals surface area contributed by atoms with Crippen molar-refractivity contribution in [3.63, 3.8) is 0 Å². The Morgan fingerprint density at radius 1 is 1.32 bits per heavy atom. The molecule has 0 saturated carbocycles. The van der Waals surface area contributed by atoms with Crippen molar-refractivity contribution in [2.75, 3.05) is 26.7 Å². The summed E-state index contributed by atoms with van der Waals surface area (Å²) in [5, 5.41) is 0.659. The number of fused-ring (bicyclic) bond motifs is 1. The summed E-state index contributed by atoms with van der Waals surface area (Å²) in [6, 6.07) is 3.51. The highest BCUT2D eigenvalue weighted by molar-refractivity contribution is 5.85. The highest BCUT2D eigenvalue weighted by Crippen LogP contribution is 2.29. The number of halogens is 1. The van der Waals surface area contributed by atoms with Gasteiger partial charge in [0.05, 0.1) is 7.11 Å². The van der Waals surface area contributed by atoms with Crippen molar-refractivity contribution in [3.8, 4) is 5.75 Å². The SMILES string of the molecule is COc1ccc2[nH]cc(CCN3CC=CC3)c2c1F. The predicted molar refractivity (Wildman–Crippen MR) is 74.1 cm³/mol. The molecule has 100 valence electrons. The molecular weight excluding hydrogens is 243 g/mol. The monoisotopic (exact) mass is 260 g/mol. The third-order valence-corrected chi connectivity index (χ3v) is 3.64. The van der Waals surface area contributed by atoms with E-state index in [0.29, 0.717) is 11.1 Å². The fourth-order valence-electron chi connectivity index (χ4n) is 2.57. The highest BCUT2D eigenvalue weighted by atomic mass is 19.1. The van der Waals surface area contributed by atoms with Crippen LogP contribution in [-0.2, 0) is 6.42 Å².